The summed E-state index contributed by atoms with van der Waals surface area (Å²) in [6.07, 6.45) is 0.750. The standard InChI is InChI=1S/C2H4O.2C2H6.CH4/c1-2-3;2*1-2;/h2H,1H3;2*1-2H3;1H4. The molecular weight excluding hydrogens is 100 g/mol. The second-order valence-electron chi connectivity index (χ2n) is 0.236. The molecule has 0 aliphatic heterocycles. The predicted molar refractivity (Wildman–Crippen MR) is 41.2 cm³/mol. The van der Waals surface area contributed by atoms with Gasteiger partial charge in [0.05, 0.1) is 0 Å². The summed E-state index contributed by atoms with van der Waals surface area (Å²) in [5.41, 5.74) is 0. The van der Waals surface area contributed by atoms with Crippen LogP contribution in [0.5, 0.6) is 0 Å². The lowest BCUT2D eigenvalue weighted by Crippen LogP contribution is -1.36. The summed E-state index contributed by atoms with van der Waals surface area (Å²) in [4.78, 5) is 8.81. The van der Waals surface area contributed by atoms with Crippen LogP contribution in [0.3, 0.4) is 0 Å². The van der Waals surface area contributed by atoms with Gasteiger partial charge in [-0.3, -0.25) is 0 Å². The van der Waals surface area contributed by atoms with E-state index in [0.717, 1.165) is 6.29 Å². The average Bonchev–Trinajstić information content (AvgIpc) is 1.78. The van der Waals surface area contributed by atoms with Crippen molar-refractivity contribution in [2.75, 3.05) is 0 Å². The van der Waals surface area contributed by atoms with Crippen LogP contribution in [0.2, 0.25) is 0 Å². The molecule has 0 radical (unpaired) electrons. The van der Waals surface area contributed by atoms with Crippen molar-refractivity contribution >= 4 is 6.29 Å². The van der Waals surface area contributed by atoms with Gasteiger partial charge in [-0.05, 0) is 6.92 Å². The normalized spacial score (nSPS) is 3.12. The molecule has 1 heteroatoms. The van der Waals surface area contributed by atoms with Gasteiger partial charge in [-0.1, -0.05) is 35.1 Å². The Hall–Kier alpha value is -0.330. The SMILES string of the molecule is C.CC.CC.CC=O. The Morgan fingerprint density at radius 2 is 1.00 bits per heavy atom. The van der Waals surface area contributed by atoms with Crippen LogP contribution >= 0.6 is 0 Å². The highest BCUT2D eigenvalue weighted by molar-refractivity contribution is 5.44. The zero-order chi connectivity index (χ0) is 6.71. The molecule has 0 amide bonds. The van der Waals surface area contributed by atoms with Gasteiger partial charge >= 0.3 is 0 Å². The van der Waals surface area contributed by atoms with Crippen molar-refractivity contribution in [2.24, 2.45) is 0 Å². The molecule has 8 heavy (non-hydrogen) atoms. The molecule has 0 spiro atoms. The van der Waals surface area contributed by atoms with E-state index >= 15 is 0 Å². The molecule has 0 heterocycles. The van der Waals surface area contributed by atoms with Gasteiger partial charge in [0, 0.05) is 0 Å². The monoisotopic (exact) mass is 120 g/mol. The molecule has 0 rings (SSSR count). The maximum atomic E-state index is 8.81. The van der Waals surface area contributed by atoms with Gasteiger partial charge in [0.25, 0.3) is 0 Å². The molecule has 0 saturated carbocycles. The quantitative estimate of drug-likeness (QED) is 0.449. The Morgan fingerprint density at radius 1 is 1.00 bits per heavy atom. The van der Waals surface area contributed by atoms with Crippen molar-refractivity contribution in [3.8, 4) is 0 Å². The molecule has 0 fully saturated rings. The van der Waals surface area contributed by atoms with Gasteiger partial charge < -0.3 is 4.79 Å². The smallest absolute Gasteiger partial charge is 0.116 e. The highest BCUT2D eigenvalue weighted by Gasteiger charge is 1.24. The number of aldehydes is 1. The Bertz CT molecular complexity index is 11.9. The van der Waals surface area contributed by atoms with Crippen LogP contribution < -0.4 is 0 Å². The first kappa shape index (κ1) is 25.3. The van der Waals surface area contributed by atoms with E-state index in [2.05, 4.69) is 0 Å². The first-order valence-corrected chi connectivity index (χ1v) is 2.81. The molecule has 1 nitrogen and oxygen atoms in total. The minimum absolute atomic E-state index is 0. The van der Waals surface area contributed by atoms with Gasteiger partial charge in [-0.15, -0.1) is 0 Å². The lowest BCUT2D eigenvalue weighted by atomic mass is 11.0. The zero-order valence-electron chi connectivity index (χ0n) is 5.99. The van der Waals surface area contributed by atoms with Gasteiger partial charge in [-0.2, -0.15) is 0 Å². The van der Waals surface area contributed by atoms with E-state index in [1.165, 1.54) is 6.92 Å². The molecule has 0 unspecified atom stereocenters. The summed E-state index contributed by atoms with van der Waals surface area (Å²) in [6, 6.07) is 0. The highest BCUT2D eigenvalue weighted by atomic mass is 16.1. The highest BCUT2D eigenvalue weighted by Crippen LogP contribution is 1.15. The maximum absolute atomic E-state index is 8.81. The molecular formula is C7H20O. The summed E-state index contributed by atoms with van der Waals surface area (Å²) in [5, 5.41) is 0. The molecule has 0 atom stereocenters. The Morgan fingerprint density at radius 3 is 1.00 bits per heavy atom. The van der Waals surface area contributed by atoms with Crippen LogP contribution in [-0.4, -0.2) is 6.29 Å². The number of carbonyl (C=O) groups is 1. The molecule has 0 aromatic carbocycles. The van der Waals surface area contributed by atoms with Crippen molar-refractivity contribution in [2.45, 2.75) is 42.0 Å². The summed E-state index contributed by atoms with van der Waals surface area (Å²) in [6.45, 7) is 9.44. The van der Waals surface area contributed by atoms with E-state index in [0.29, 0.717) is 0 Å². The minimum Gasteiger partial charge on any atom is -0.304 e. The molecule has 0 aliphatic carbocycles. The topological polar surface area (TPSA) is 17.1 Å². The van der Waals surface area contributed by atoms with E-state index in [4.69, 9.17) is 4.79 Å². The van der Waals surface area contributed by atoms with Gasteiger partial charge in [0.2, 0.25) is 0 Å². The van der Waals surface area contributed by atoms with Crippen molar-refractivity contribution in [1.82, 2.24) is 0 Å². The average molecular weight is 120 g/mol. The second kappa shape index (κ2) is 478. The molecule has 0 aliphatic rings. The summed E-state index contributed by atoms with van der Waals surface area (Å²) >= 11 is 0. The number of rotatable bonds is 0. The molecule has 0 saturated heterocycles. The van der Waals surface area contributed by atoms with Gasteiger partial charge in [0.1, 0.15) is 6.29 Å². The third-order valence-electron chi connectivity index (χ3n) is 0. The maximum Gasteiger partial charge on any atom is 0.116 e. The van der Waals surface area contributed by atoms with Crippen LogP contribution in [-0.2, 0) is 4.79 Å². The van der Waals surface area contributed by atoms with E-state index in [1.54, 1.807) is 0 Å². The number of carbonyl (C=O) groups excluding carboxylic acids is 1. The van der Waals surface area contributed by atoms with Crippen LogP contribution in [0, 0.1) is 0 Å². The second-order valence-corrected chi connectivity index (χ2v) is 0.236. The zero-order valence-corrected chi connectivity index (χ0v) is 5.99. The predicted octanol–water partition coefficient (Wildman–Crippen LogP) is 2.89. The minimum atomic E-state index is 0. The molecule has 0 aromatic rings. The molecule has 0 bridgehead atoms. The van der Waals surface area contributed by atoms with Crippen LogP contribution in [0.15, 0.2) is 0 Å². The lowest BCUT2D eigenvalue weighted by Gasteiger charge is -1.23. The first-order valence-electron chi connectivity index (χ1n) is 2.81. The summed E-state index contributed by atoms with van der Waals surface area (Å²) in [7, 11) is 0. The number of hydrogen-bond acceptors (Lipinski definition) is 1. The fourth-order valence-electron chi connectivity index (χ4n) is 0. The first-order chi connectivity index (χ1) is 3.41. The van der Waals surface area contributed by atoms with Crippen LogP contribution in [0.25, 0.3) is 0 Å². The van der Waals surface area contributed by atoms with Crippen molar-refractivity contribution in [3.05, 3.63) is 0 Å². The van der Waals surface area contributed by atoms with E-state index in [1.807, 2.05) is 27.7 Å². The van der Waals surface area contributed by atoms with Gasteiger partial charge in [0.15, 0.2) is 0 Å². The van der Waals surface area contributed by atoms with Crippen LogP contribution in [0.4, 0.5) is 0 Å². The van der Waals surface area contributed by atoms with Crippen LogP contribution in [0.1, 0.15) is 42.0 Å². The Balaban J connectivity index is -0.0000000147. The summed E-state index contributed by atoms with van der Waals surface area (Å²) in [5.74, 6) is 0. The molecule has 54 valence electrons. The molecule has 0 aromatic heterocycles. The fraction of sp³-hybridized carbons (Fsp3) is 0.857. The third kappa shape index (κ3) is 1140. The Labute approximate surface area is 54.1 Å². The van der Waals surface area contributed by atoms with Crippen molar-refractivity contribution in [1.29, 1.82) is 0 Å². The molecule has 0 N–H and O–H groups in total. The fourth-order valence-corrected chi connectivity index (χ4v) is 0. The van der Waals surface area contributed by atoms with Crippen molar-refractivity contribution in [3.63, 3.8) is 0 Å². The summed E-state index contributed by atoms with van der Waals surface area (Å²) < 4.78 is 0. The van der Waals surface area contributed by atoms with Crippen molar-refractivity contribution < 1.29 is 4.79 Å². The number of hydrogen-bond donors (Lipinski definition) is 0. The third-order valence-corrected chi connectivity index (χ3v) is 0. The lowest BCUT2D eigenvalue weighted by molar-refractivity contribution is -0.106. The van der Waals surface area contributed by atoms with Gasteiger partial charge in [-0.25, -0.2) is 0 Å². The Kier molecular flexibility index (Phi) is 1510. The van der Waals surface area contributed by atoms with E-state index in [-0.39, 0.29) is 7.43 Å². The van der Waals surface area contributed by atoms with E-state index < -0.39 is 0 Å². The largest absolute Gasteiger partial charge is 0.304 e. The van der Waals surface area contributed by atoms with E-state index in [9.17, 15) is 0 Å².